The summed E-state index contributed by atoms with van der Waals surface area (Å²) in [6.45, 7) is 2.88. The summed E-state index contributed by atoms with van der Waals surface area (Å²) < 4.78 is 31.4. The monoisotopic (exact) mass is 271 g/mol. The second-order valence-electron chi connectivity index (χ2n) is 5.01. The summed E-state index contributed by atoms with van der Waals surface area (Å²) in [5, 5.41) is 8.54. The van der Waals surface area contributed by atoms with Crippen molar-refractivity contribution in [1.82, 2.24) is 4.90 Å². The highest BCUT2D eigenvalue weighted by Crippen LogP contribution is 2.26. The molecular weight excluding hydrogens is 256 g/mol. The van der Waals surface area contributed by atoms with Crippen molar-refractivity contribution in [1.29, 1.82) is 0 Å². The quantitative estimate of drug-likeness (QED) is 0.884. The Labute approximate surface area is 109 Å². The van der Waals surface area contributed by atoms with E-state index in [0.29, 0.717) is 25.2 Å². The minimum absolute atomic E-state index is 0.338. The number of nitrogens with zero attached hydrogens (tertiary/aromatic N) is 1. The average molecular weight is 271 g/mol. The van der Waals surface area contributed by atoms with E-state index < -0.39 is 23.2 Å². The molecule has 6 heteroatoms. The van der Waals surface area contributed by atoms with Crippen LogP contribution in [0.2, 0.25) is 0 Å². The Morgan fingerprint density at radius 3 is 2.74 bits per heavy atom. The maximum atomic E-state index is 13.4. The van der Waals surface area contributed by atoms with Gasteiger partial charge >= 0.3 is 5.97 Å². The summed E-state index contributed by atoms with van der Waals surface area (Å²) in [6.07, 6.45) is 0. The van der Waals surface area contributed by atoms with E-state index in [9.17, 15) is 13.6 Å². The molecule has 0 bridgehead atoms. The van der Waals surface area contributed by atoms with Gasteiger partial charge in [0, 0.05) is 31.3 Å². The molecule has 0 amide bonds. The molecule has 0 aromatic heterocycles. The molecule has 0 saturated carbocycles. The summed E-state index contributed by atoms with van der Waals surface area (Å²) in [5.74, 6) is -2.18. The fourth-order valence-corrected chi connectivity index (χ4v) is 2.23. The summed E-state index contributed by atoms with van der Waals surface area (Å²) in [6, 6.07) is 3.49. The van der Waals surface area contributed by atoms with Crippen molar-refractivity contribution in [2.75, 3.05) is 19.7 Å². The lowest BCUT2D eigenvalue weighted by molar-refractivity contribution is -0.165. The molecular formula is C13H15F2NO3. The van der Waals surface area contributed by atoms with Crippen molar-refractivity contribution in [2.24, 2.45) is 0 Å². The molecule has 1 N–H and O–H groups in total. The predicted molar refractivity (Wildman–Crippen MR) is 63.6 cm³/mol. The van der Waals surface area contributed by atoms with Gasteiger partial charge in [-0.1, -0.05) is 6.07 Å². The average Bonchev–Trinajstić information content (AvgIpc) is 2.28. The molecule has 1 saturated heterocycles. The van der Waals surface area contributed by atoms with Crippen molar-refractivity contribution in [3.05, 3.63) is 35.4 Å². The minimum Gasteiger partial charge on any atom is -0.480 e. The lowest BCUT2D eigenvalue weighted by Crippen LogP contribution is -2.61. The van der Waals surface area contributed by atoms with Gasteiger partial charge in [-0.25, -0.2) is 13.6 Å². The highest BCUT2D eigenvalue weighted by Gasteiger charge is 2.40. The molecule has 1 aliphatic rings. The Morgan fingerprint density at radius 2 is 2.16 bits per heavy atom. The van der Waals surface area contributed by atoms with Gasteiger partial charge in [0.25, 0.3) is 0 Å². The maximum absolute atomic E-state index is 13.4. The van der Waals surface area contributed by atoms with Crippen LogP contribution >= 0.6 is 0 Å². The fourth-order valence-electron chi connectivity index (χ4n) is 2.23. The zero-order valence-corrected chi connectivity index (χ0v) is 10.5. The third-order valence-electron chi connectivity index (χ3n) is 3.07. The Bertz CT molecular complexity index is 487. The number of carboxylic acids is 1. The van der Waals surface area contributed by atoms with E-state index >= 15 is 0 Å². The van der Waals surface area contributed by atoms with Crippen LogP contribution < -0.4 is 0 Å². The molecule has 2 rings (SSSR count). The Hall–Kier alpha value is -1.53. The molecule has 4 nitrogen and oxygen atoms in total. The number of halogens is 2. The lowest BCUT2D eigenvalue weighted by Gasteiger charge is -2.47. The second kappa shape index (κ2) is 5.22. The summed E-state index contributed by atoms with van der Waals surface area (Å²) in [4.78, 5) is 12.3. The van der Waals surface area contributed by atoms with Crippen LogP contribution in [0, 0.1) is 11.6 Å². The molecule has 0 aliphatic carbocycles. The number of carbonyl (C=O) groups is 1. The molecule has 0 spiro atoms. The zero-order valence-electron chi connectivity index (χ0n) is 10.5. The largest absolute Gasteiger partial charge is 0.480 e. The van der Waals surface area contributed by atoms with Crippen LogP contribution in [0.5, 0.6) is 0 Å². The molecule has 1 heterocycles. The van der Waals surface area contributed by atoms with Crippen LogP contribution in [0.3, 0.4) is 0 Å². The Kier molecular flexibility index (Phi) is 3.82. The molecule has 104 valence electrons. The maximum Gasteiger partial charge on any atom is 0.329 e. The minimum atomic E-state index is -1.01. The molecule has 1 aliphatic heterocycles. The summed E-state index contributed by atoms with van der Waals surface area (Å²) in [5.41, 5.74) is -0.0868. The first-order valence-corrected chi connectivity index (χ1v) is 5.90. The van der Waals surface area contributed by atoms with Gasteiger partial charge in [-0.2, -0.15) is 0 Å². The van der Waals surface area contributed by atoms with E-state index in [-0.39, 0.29) is 6.61 Å². The summed E-state index contributed by atoms with van der Waals surface area (Å²) in [7, 11) is 0. The SMILES string of the molecule is CC1(OCC(=O)O)CN(Cc2ccc(F)cc2F)C1. The second-order valence-corrected chi connectivity index (χ2v) is 5.01. The molecule has 0 unspecified atom stereocenters. The number of carboxylic acid groups (broad SMARTS) is 1. The third kappa shape index (κ3) is 3.48. The molecule has 1 fully saturated rings. The normalized spacial score (nSPS) is 18.1. The summed E-state index contributed by atoms with van der Waals surface area (Å²) >= 11 is 0. The van der Waals surface area contributed by atoms with E-state index in [2.05, 4.69) is 0 Å². The van der Waals surface area contributed by atoms with E-state index in [0.717, 1.165) is 6.07 Å². The van der Waals surface area contributed by atoms with Gasteiger partial charge in [-0.05, 0) is 13.0 Å². The number of benzene rings is 1. The van der Waals surface area contributed by atoms with Crippen molar-refractivity contribution >= 4 is 5.97 Å². The van der Waals surface area contributed by atoms with Gasteiger partial charge in [0.1, 0.15) is 18.2 Å². The number of likely N-dealkylation sites (tertiary alicyclic amines) is 1. The Morgan fingerprint density at radius 1 is 1.47 bits per heavy atom. The van der Waals surface area contributed by atoms with Crippen LogP contribution in [0.1, 0.15) is 12.5 Å². The first kappa shape index (κ1) is 13.9. The van der Waals surface area contributed by atoms with Gasteiger partial charge in [0.05, 0.1) is 5.60 Å². The first-order valence-electron chi connectivity index (χ1n) is 5.90. The molecule has 0 radical (unpaired) electrons. The number of aliphatic carboxylic acids is 1. The van der Waals surface area contributed by atoms with Gasteiger partial charge in [0.15, 0.2) is 0 Å². The van der Waals surface area contributed by atoms with Gasteiger partial charge in [0.2, 0.25) is 0 Å². The van der Waals surface area contributed by atoms with Crippen LogP contribution in [-0.4, -0.2) is 41.3 Å². The molecule has 1 aromatic carbocycles. The number of rotatable bonds is 5. The third-order valence-corrected chi connectivity index (χ3v) is 3.07. The topological polar surface area (TPSA) is 49.8 Å². The highest BCUT2D eigenvalue weighted by molar-refractivity contribution is 5.68. The molecule has 19 heavy (non-hydrogen) atoms. The van der Waals surface area contributed by atoms with Gasteiger partial charge in [-0.15, -0.1) is 0 Å². The van der Waals surface area contributed by atoms with Crippen LogP contribution in [0.15, 0.2) is 18.2 Å². The first-order chi connectivity index (χ1) is 8.88. The smallest absolute Gasteiger partial charge is 0.329 e. The number of hydrogen-bond acceptors (Lipinski definition) is 3. The zero-order chi connectivity index (χ0) is 14.0. The predicted octanol–water partition coefficient (Wildman–Crippen LogP) is 1.64. The standard InChI is InChI=1S/C13H15F2NO3/c1-13(19-6-12(17)18)7-16(8-13)5-9-2-3-10(14)4-11(9)15/h2-4H,5-8H2,1H3,(H,17,18). The lowest BCUT2D eigenvalue weighted by atomic mass is 9.95. The van der Waals surface area contributed by atoms with E-state index in [1.54, 1.807) is 0 Å². The number of hydrogen-bond donors (Lipinski definition) is 1. The van der Waals surface area contributed by atoms with Crippen LogP contribution in [-0.2, 0) is 16.1 Å². The van der Waals surface area contributed by atoms with Gasteiger partial charge in [-0.3, -0.25) is 4.90 Å². The fraction of sp³-hybridized carbons (Fsp3) is 0.462. The van der Waals surface area contributed by atoms with E-state index in [1.807, 2.05) is 11.8 Å². The van der Waals surface area contributed by atoms with E-state index in [4.69, 9.17) is 9.84 Å². The van der Waals surface area contributed by atoms with Crippen LogP contribution in [0.4, 0.5) is 8.78 Å². The molecule has 1 aromatic rings. The molecule has 0 atom stereocenters. The van der Waals surface area contributed by atoms with Crippen LogP contribution in [0.25, 0.3) is 0 Å². The highest BCUT2D eigenvalue weighted by atomic mass is 19.1. The van der Waals surface area contributed by atoms with Crippen molar-refractivity contribution in [3.8, 4) is 0 Å². The van der Waals surface area contributed by atoms with Gasteiger partial charge < -0.3 is 9.84 Å². The van der Waals surface area contributed by atoms with Crippen molar-refractivity contribution < 1.29 is 23.4 Å². The Balaban J connectivity index is 1.85. The van der Waals surface area contributed by atoms with Crippen molar-refractivity contribution in [3.63, 3.8) is 0 Å². The van der Waals surface area contributed by atoms with Crippen molar-refractivity contribution in [2.45, 2.75) is 19.1 Å². The van der Waals surface area contributed by atoms with E-state index in [1.165, 1.54) is 12.1 Å². The number of ether oxygens (including phenoxy) is 1.